The average Bonchev–Trinajstić information content (AvgIpc) is 1.35. The van der Waals surface area contributed by atoms with E-state index in [0.717, 1.165) is 0 Å². The fraction of sp³-hybridized carbons (Fsp3) is 1.00. The molecule has 1 unspecified atom stereocenters. The molecule has 0 aliphatic rings. The highest BCUT2D eigenvalue weighted by Gasteiger charge is 1.88. The number of hydrogen-bond donors (Lipinski definition) is 0. The Morgan fingerprint density at radius 2 is 2.33 bits per heavy atom. The van der Waals surface area contributed by atoms with Crippen molar-refractivity contribution in [1.29, 1.82) is 0 Å². The number of hydrogen-bond acceptors (Lipinski definition) is 1. The van der Waals surface area contributed by atoms with Gasteiger partial charge in [0.15, 0.2) is 0 Å². The minimum atomic E-state index is -0.185. The maximum atomic E-state index is 5.32. The van der Waals surface area contributed by atoms with Crippen LogP contribution in [0.3, 0.4) is 0 Å². The van der Waals surface area contributed by atoms with E-state index in [0.29, 0.717) is 0 Å². The number of halogens is 1. The summed E-state index contributed by atoms with van der Waals surface area (Å²) in [5, 5.41) is 0. The Balaban J connectivity index is 2.63. The average molecular weight is 105 g/mol. The Bertz CT molecular complexity index is 32.0. The van der Waals surface area contributed by atoms with Gasteiger partial charge in [-0.25, -0.2) is 0 Å². The van der Waals surface area contributed by atoms with Crippen molar-refractivity contribution in [3.8, 4) is 0 Å². The molecule has 1 radical (unpaired) electrons. The highest BCUT2D eigenvalue weighted by Crippen LogP contribution is 1.91. The first-order chi connectivity index (χ1) is 2.77. The van der Waals surface area contributed by atoms with Crippen LogP contribution < -0.4 is 0 Å². The van der Waals surface area contributed by atoms with E-state index in [9.17, 15) is 0 Å². The van der Waals surface area contributed by atoms with Crippen molar-refractivity contribution in [2.75, 3.05) is 0 Å². The standard InChI is InChI=1S/C3H7BClO/c1-3(5)6-4-2/h3H,1-2H3. The molecular formula is C3H7BClO. The Morgan fingerprint density at radius 3 is 2.33 bits per heavy atom. The summed E-state index contributed by atoms with van der Waals surface area (Å²) in [5.74, 6) is 0. The van der Waals surface area contributed by atoms with Gasteiger partial charge in [-0.05, 0) is 6.92 Å². The fourth-order valence-electron chi connectivity index (χ4n) is 0.188. The van der Waals surface area contributed by atoms with Crippen LogP contribution in [0.25, 0.3) is 0 Å². The second-order valence-electron chi connectivity index (χ2n) is 0.915. The summed E-state index contributed by atoms with van der Waals surface area (Å²) in [7, 11) is 1.57. The predicted octanol–water partition coefficient (Wildman–Crippen LogP) is 1.26. The van der Waals surface area contributed by atoms with Crippen LogP contribution in [-0.2, 0) is 4.65 Å². The third-order valence-electron chi connectivity index (χ3n) is 0.324. The predicted molar refractivity (Wildman–Crippen MR) is 28.0 cm³/mol. The van der Waals surface area contributed by atoms with Gasteiger partial charge >= 0.3 is 0 Å². The van der Waals surface area contributed by atoms with Crippen LogP contribution in [0, 0.1) is 0 Å². The van der Waals surface area contributed by atoms with Crippen molar-refractivity contribution in [1.82, 2.24) is 0 Å². The molecule has 0 aliphatic heterocycles. The van der Waals surface area contributed by atoms with E-state index in [4.69, 9.17) is 11.6 Å². The van der Waals surface area contributed by atoms with E-state index < -0.39 is 0 Å². The van der Waals surface area contributed by atoms with E-state index in [2.05, 4.69) is 4.65 Å². The van der Waals surface area contributed by atoms with Crippen LogP contribution in [0.4, 0.5) is 0 Å². The van der Waals surface area contributed by atoms with Gasteiger partial charge in [-0.15, -0.1) is 0 Å². The molecule has 3 heteroatoms. The van der Waals surface area contributed by atoms with Gasteiger partial charge in [0, 0.05) is 0 Å². The summed E-state index contributed by atoms with van der Waals surface area (Å²) in [6.45, 7) is 3.56. The van der Waals surface area contributed by atoms with Gasteiger partial charge in [0.25, 0.3) is 7.48 Å². The van der Waals surface area contributed by atoms with Gasteiger partial charge in [0.05, 0.1) is 0 Å². The van der Waals surface area contributed by atoms with Crippen LogP contribution in [0.1, 0.15) is 6.92 Å². The summed E-state index contributed by atoms with van der Waals surface area (Å²) in [5.41, 5.74) is -0.185. The molecule has 1 atom stereocenters. The fourth-order valence-corrected chi connectivity index (χ4v) is 0.290. The van der Waals surface area contributed by atoms with Gasteiger partial charge in [-0.1, -0.05) is 18.4 Å². The van der Waals surface area contributed by atoms with Crippen molar-refractivity contribution in [3.63, 3.8) is 0 Å². The smallest absolute Gasteiger partial charge is 0.290 e. The quantitative estimate of drug-likeness (QED) is 0.379. The Kier molecular flexibility index (Phi) is 3.69. The molecule has 0 aromatic carbocycles. The molecule has 0 aromatic rings. The van der Waals surface area contributed by atoms with Crippen LogP contribution in [0.5, 0.6) is 0 Å². The lowest BCUT2D eigenvalue weighted by atomic mass is 10.1. The molecule has 0 heterocycles. The zero-order valence-corrected chi connectivity index (χ0v) is 4.70. The molecule has 0 fully saturated rings. The molecule has 0 N–H and O–H groups in total. The van der Waals surface area contributed by atoms with Gasteiger partial charge in [-0.3, -0.25) is 0 Å². The zero-order valence-electron chi connectivity index (χ0n) is 3.94. The molecule has 0 aromatic heterocycles. The minimum Gasteiger partial charge on any atom is -0.426 e. The molecular weight excluding hydrogens is 98.3 g/mol. The van der Waals surface area contributed by atoms with Crippen molar-refractivity contribution in [2.45, 2.75) is 19.3 Å². The van der Waals surface area contributed by atoms with E-state index in [1.54, 1.807) is 21.2 Å². The maximum Gasteiger partial charge on any atom is 0.290 e. The normalized spacial score (nSPS) is 13.8. The van der Waals surface area contributed by atoms with E-state index in [1.165, 1.54) is 0 Å². The molecule has 0 saturated heterocycles. The first-order valence-electron chi connectivity index (χ1n) is 1.84. The van der Waals surface area contributed by atoms with E-state index >= 15 is 0 Å². The summed E-state index contributed by atoms with van der Waals surface area (Å²) in [4.78, 5) is 0. The van der Waals surface area contributed by atoms with Crippen molar-refractivity contribution >= 4 is 19.1 Å². The molecule has 0 aliphatic carbocycles. The number of rotatable bonds is 2. The lowest BCUT2D eigenvalue weighted by Crippen LogP contribution is -1.99. The van der Waals surface area contributed by atoms with Gasteiger partial charge in [-0.2, -0.15) is 0 Å². The SMILES string of the molecule is C[B]OC(C)Cl. The van der Waals surface area contributed by atoms with Crippen LogP contribution in [0.15, 0.2) is 0 Å². The second kappa shape index (κ2) is 3.50. The van der Waals surface area contributed by atoms with Gasteiger partial charge < -0.3 is 4.65 Å². The highest BCUT2D eigenvalue weighted by molar-refractivity contribution is 6.28. The third-order valence-corrected chi connectivity index (χ3v) is 0.426. The van der Waals surface area contributed by atoms with Crippen molar-refractivity contribution in [2.24, 2.45) is 0 Å². The monoisotopic (exact) mass is 105 g/mol. The molecule has 1 nitrogen and oxygen atoms in total. The largest absolute Gasteiger partial charge is 0.426 e. The van der Waals surface area contributed by atoms with Gasteiger partial charge in [0.2, 0.25) is 0 Å². The number of alkyl halides is 1. The summed E-state index contributed by atoms with van der Waals surface area (Å²) in [6.07, 6.45) is 0. The minimum absolute atomic E-state index is 0.185. The lowest BCUT2D eigenvalue weighted by Gasteiger charge is -1.97. The first-order valence-corrected chi connectivity index (χ1v) is 2.28. The maximum absolute atomic E-state index is 5.32. The van der Waals surface area contributed by atoms with Crippen LogP contribution in [0.2, 0.25) is 6.82 Å². The van der Waals surface area contributed by atoms with Crippen molar-refractivity contribution < 1.29 is 4.65 Å². The molecule has 35 valence electrons. The molecule has 0 bridgehead atoms. The Morgan fingerprint density at radius 1 is 1.83 bits per heavy atom. The second-order valence-corrected chi connectivity index (χ2v) is 1.53. The Labute approximate surface area is 43.9 Å². The van der Waals surface area contributed by atoms with E-state index in [-0.39, 0.29) is 5.56 Å². The summed E-state index contributed by atoms with van der Waals surface area (Å²) < 4.78 is 4.68. The molecule has 0 saturated carbocycles. The topological polar surface area (TPSA) is 9.23 Å². The Hall–Kier alpha value is 0.315. The van der Waals surface area contributed by atoms with E-state index in [1.807, 2.05) is 0 Å². The molecule has 6 heavy (non-hydrogen) atoms. The zero-order chi connectivity index (χ0) is 4.99. The summed E-state index contributed by atoms with van der Waals surface area (Å²) in [6, 6.07) is 0. The molecule has 0 spiro atoms. The third kappa shape index (κ3) is 4.31. The molecule has 0 rings (SSSR count). The lowest BCUT2D eigenvalue weighted by molar-refractivity contribution is 0.322. The highest BCUT2D eigenvalue weighted by atomic mass is 35.5. The first kappa shape index (κ1) is 6.31. The van der Waals surface area contributed by atoms with Crippen molar-refractivity contribution in [3.05, 3.63) is 0 Å². The van der Waals surface area contributed by atoms with Gasteiger partial charge in [0.1, 0.15) is 5.56 Å². The summed E-state index contributed by atoms with van der Waals surface area (Å²) >= 11 is 5.32. The molecule has 0 amide bonds. The van der Waals surface area contributed by atoms with Crippen LogP contribution >= 0.6 is 11.6 Å². The van der Waals surface area contributed by atoms with Crippen LogP contribution in [-0.4, -0.2) is 13.0 Å².